The first-order valence-corrected chi connectivity index (χ1v) is 4.97. The van der Waals surface area contributed by atoms with E-state index in [1.54, 1.807) is 0 Å². The number of hydrogen-bond acceptors (Lipinski definition) is 1. The third kappa shape index (κ3) is 1.13. The summed E-state index contributed by atoms with van der Waals surface area (Å²) in [4.78, 5) is 4.51. The van der Waals surface area contributed by atoms with Crippen LogP contribution in [0.4, 0.5) is 0 Å². The maximum absolute atomic E-state index is 4.51. The molecule has 1 nitrogen and oxygen atoms in total. The Labute approximate surface area is 82.4 Å². The zero-order chi connectivity index (χ0) is 9.38. The Kier molecular flexibility index (Phi) is 1.63. The van der Waals surface area contributed by atoms with Gasteiger partial charge < -0.3 is 0 Å². The zero-order valence-corrected chi connectivity index (χ0v) is 7.90. The third-order valence-corrected chi connectivity index (χ3v) is 2.67. The second-order valence-electron chi connectivity index (χ2n) is 3.63. The minimum atomic E-state index is 0.936. The summed E-state index contributed by atoms with van der Waals surface area (Å²) in [6, 6.07) is 12.8. The van der Waals surface area contributed by atoms with Gasteiger partial charge in [0.2, 0.25) is 0 Å². The van der Waals surface area contributed by atoms with E-state index in [9.17, 15) is 0 Å². The molecule has 0 aromatic heterocycles. The lowest BCUT2D eigenvalue weighted by Crippen LogP contribution is -2.27. The van der Waals surface area contributed by atoms with Gasteiger partial charge in [-0.15, -0.1) is 0 Å². The van der Waals surface area contributed by atoms with E-state index in [1.807, 2.05) is 0 Å². The highest BCUT2D eigenvalue weighted by Crippen LogP contribution is 2.08. The fourth-order valence-electron chi connectivity index (χ4n) is 1.95. The van der Waals surface area contributed by atoms with Crippen molar-refractivity contribution in [3.05, 3.63) is 47.0 Å². The molecule has 1 aliphatic rings. The molecule has 1 aliphatic heterocycles. The topological polar surface area (TPSA) is 12.4 Å². The molecule has 0 N–H and O–H groups in total. The van der Waals surface area contributed by atoms with Crippen molar-refractivity contribution in [3.8, 4) is 0 Å². The summed E-state index contributed by atoms with van der Waals surface area (Å²) in [5.74, 6) is 0. The molecule has 14 heavy (non-hydrogen) atoms. The van der Waals surface area contributed by atoms with Gasteiger partial charge in [-0.2, -0.15) is 0 Å². The van der Waals surface area contributed by atoms with E-state index in [1.165, 1.54) is 16.0 Å². The summed E-state index contributed by atoms with van der Waals surface area (Å²) >= 11 is 0. The standard InChI is InChI=1S/C13H11N/c1-2-5-11-9-13-12(6-3-7-14-13)8-10(11)4-1/h1-2,4-6,8-9H,3,7H2. The third-order valence-electron chi connectivity index (χ3n) is 2.67. The molecule has 3 rings (SSSR count). The molecule has 0 saturated heterocycles. The molecule has 0 radical (unpaired) electrons. The molecule has 1 heteroatoms. The smallest absolute Gasteiger partial charge is 0.0649 e. The van der Waals surface area contributed by atoms with Gasteiger partial charge in [-0.05, 0) is 34.5 Å². The minimum Gasteiger partial charge on any atom is -0.284 e. The fraction of sp³-hybridized carbons (Fsp3) is 0.154. The largest absolute Gasteiger partial charge is 0.284 e. The number of rotatable bonds is 0. The molecular formula is C13H11N. The Morgan fingerprint density at radius 3 is 2.64 bits per heavy atom. The Hall–Kier alpha value is -1.63. The summed E-state index contributed by atoms with van der Waals surface area (Å²) in [5, 5.41) is 5.02. The van der Waals surface area contributed by atoms with Crippen molar-refractivity contribution in [2.75, 3.05) is 6.54 Å². The number of benzene rings is 2. The van der Waals surface area contributed by atoms with Gasteiger partial charge in [0, 0.05) is 6.54 Å². The average molecular weight is 181 g/mol. The van der Waals surface area contributed by atoms with E-state index in [0.29, 0.717) is 0 Å². The molecule has 1 heterocycles. The Morgan fingerprint density at radius 1 is 1.00 bits per heavy atom. The molecule has 0 bridgehead atoms. The summed E-state index contributed by atoms with van der Waals surface area (Å²) in [6.45, 7) is 0.936. The minimum absolute atomic E-state index is 0.936. The first-order chi connectivity index (χ1) is 6.93. The van der Waals surface area contributed by atoms with Crippen molar-refractivity contribution in [1.29, 1.82) is 0 Å². The van der Waals surface area contributed by atoms with Gasteiger partial charge in [0.1, 0.15) is 0 Å². The molecule has 2 aromatic carbocycles. The highest BCUT2D eigenvalue weighted by atomic mass is 14.7. The van der Waals surface area contributed by atoms with Gasteiger partial charge in [0.25, 0.3) is 0 Å². The van der Waals surface area contributed by atoms with Crippen molar-refractivity contribution < 1.29 is 0 Å². The van der Waals surface area contributed by atoms with Crippen LogP contribution in [0.3, 0.4) is 0 Å². The van der Waals surface area contributed by atoms with Crippen LogP contribution in [0.15, 0.2) is 41.4 Å². The average Bonchev–Trinajstić information content (AvgIpc) is 2.26. The molecule has 0 amide bonds. The highest BCUT2D eigenvalue weighted by molar-refractivity contribution is 5.82. The van der Waals surface area contributed by atoms with E-state index in [0.717, 1.165) is 18.3 Å². The quantitative estimate of drug-likeness (QED) is 0.586. The number of nitrogens with zero attached hydrogens (tertiary/aromatic N) is 1. The van der Waals surface area contributed by atoms with Crippen molar-refractivity contribution in [2.45, 2.75) is 6.42 Å². The van der Waals surface area contributed by atoms with E-state index in [2.05, 4.69) is 47.5 Å². The van der Waals surface area contributed by atoms with Crippen molar-refractivity contribution in [3.63, 3.8) is 0 Å². The van der Waals surface area contributed by atoms with Gasteiger partial charge in [-0.1, -0.05) is 30.3 Å². The summed E-state index contributed by atoms with van der Waals surface area (Å²) in [7, 11) is 0. The molecule has 2 aromatic rings. The molecule has 0 atom stereocenters. The lowest BCUT2D eigenvalue weighted by Gasteiger charge is -2.02. The maximum atomic E-state index is 4.51. The van der Waals surface area contributed by atoms with Crippen LogP contribution in [0.2, 0.25) is 0 Å². The predicted molar refractivity (Wildman–Crippen MR) is 58.7 cm³/mol. The monoisotopic (exact) mass is 181 g/mol. The van der Waals surface area contributed by atoms with Crippen molar-refractivity contribution in [1.82, 2.24) is 0 Å². The lowest BCUT2D eigenvalue weighted by molar-refractivity contribution is 0.963. The van der Waals surface area contributed by atoms with Crippen LogP contribution >= 0.6 is 0 Å². The summed E-state index contributed by atoms with van der Waals surface area (Å²) < 4.78 is 0. The second kappa shape index (κ2) is 2.95. The van der Waals surface area contributed by atoms with Crippen LogP contribution in [-0.4, -0.2) is 6.54 Å². The van der Waals surface area contributed by atoms with Gasteiger partial charge >= 0.3 is 0 Å². The molecule has 0 saturated carbocycles. The molecule has 0 unspecified atom stereocenters. The Morgan fingerprint density at radius 2 is 1.79 bits per heavy atom. The first kappa shape index (κ1) is 7.74. The molecule has 68 valence electrons. The van der Waals surface area contributed by atoms with Crippen molar-refractivity contribution >= 4 is 16.8 Å². The first-order valence-electron chi connectivity index (χ1n) is 4.97. The molecule has 0 aliphatic carbocycles. The van der Waals surface area contributed by atoms with Gasteiger partial charge in [-0.25, -0.2) is 0 Å². The van der Waals surface area contributed by atoms with Gasteiger partial charge in [0.05, 0.1) is 5.36 Å². The van der Waals surface area contributed by atoms with Gasteiger partial charge in [0.15, 0.2) is 0 Å². The zero-order valence-electron chi connectivity index (χ0n) is 7.90. The second-order valence-corrected chi connectivity index (χ2v) is 3.63. The van der Waals surface area contributed by atoms with E-state index in [-0.39, 0.29) is 0 Å². The van der Waals surface area contributed by atoms with Crippen LogP contribution < -0.4 is 10.6 Å². The molecule has 0 fully saturated rings. The number of fused-ring (bicyclic) bond motifs is 2. The predicted octanol–water partition coefficient (Wildman–Crippen LogP) is 1.64. The lowest BCUT2D eigenvalue weighted by atomic mass is 10.1. The van der Waals surface area contributed by atoms with Crippen LogP contribution in [0.5, 0.6) is 0 Å². The van der Waals surface area contributed by atoms with Crippen LogP contribution in [0.1, 0.15) is 6.42 Å². The van der Waals surface area contributed by atoms with Crippen LogP contribution in [0, 0.1) is 0 Å². The Balaban J connectivity index is 2.51. The Bertz CT molecular complexity index is 542. The summed E-state index contributed by atoms with van der Waals surface area (Å²) in [6.07, 6.45) is 3.35. The van der Waals surface area contributed by atoms with Gasteiger partial charge in [-0.3, -0.25) is 4.99 Å². The van der Waals surface area contributed by atoms with E-state index in [4.69, 9.17) is 0 Å². The number of hydrogen-bond donors (Lipinski definition) is 0. The van der Waals surface area contributed by atoms with E-state index >= 15 is 0 Å². The fourth-order valence-corrected chi connectivity index (χ4v) is 1.95. The maximum Gasteiger partial charge on any atom is 0.0649 e. The molecule has 0 spiro atoms. The van der Waals surface area contributed by atoms with E-state index < -0.39 is 0 Å². The SMILES string of the molecule is C1=c2cc3ccccc3cc2=NCC1. The normalized spacial score (nSPS) is 14.3. The molecular weight excluding hydrogens is 170 g/mol. The highest BCUT2D eigenvalue weighted by Gasteiger charge is 1.97. The van der Waals surface area contributed by atoms with Crippen LogP contribution in [0.25, 0.3) is 16.8 Å². The van der Waals surface area contributed by atoms with Crippen molar-refractivity contribution in [2.24, 2.45) is 4.99 Å². The van der Waals surface area contributed by atoms with Crippen LogP contribution in [-0.2, 0) is 0 Å². The summed E-state index contributed by atoms with van der Waals surface area (Å²) in [5.41, 5.74) is 0.